The van der Waals surface area contributed by atoms with Crippen LogP contribution in [0.25, 0.3) is 11.1 Å². The minimum Gasteiger partial charge on any atom is -0.356 e. The molecule has 2 fully saturated rings. The molecule has 1 aromatic carbocycles. The molecule has 2 unspecified atom stereocenters. The average molecular weight is 519 g/mol. The van der Waals surface area contributed by atoms with Crippen molar-refractivity contribution in [1.82, 2.24) is 25.5 Å². The van der Waals surface area contributed by atoms with Gasteiger partial charge in [-0.2, -0.15) is 0 Å². The van der Waals surface area contributed by atoms with E-state index in [0.717, 1.165) is 62.5 Å². The lowest BCUT2D eigenvalue weighted by molar-refractivity contribution is 0.0931. The number of piperazine rings is 1. The zero-order valence-electron chi connectivity index (χ0n) is 21.5. The van der Waals surface area contributed by atoms with Crippen molar-refractivity contribution in [3.05, 3.63) is 77.2 Å². The molecule has 2 saturated heterocycles. The van der Waals surface area contributed by atoms with Crippen molar-refractivity contribution in [2.75, 3.05) is 31.1 Å². The number of anilines is 1. The Balaban J connectivity index is 1.14. The number of piperidine rings is 1. The van der Waals surface area contributed by atoms with Crippen LogP contribution in [0.3, 0.4) is 0 Å². The number of aromatic nitrogens is 2. The van der Waals surface area contributed by atoms with Crippen LogP contribution in [-0.4, -0.2) is 65.1 Å². The van der Waals surface area contributed by atoms with E-state index >= 15 is 0 Å². The van der Waals surface area contributed by atoms with Crippen LogP contribution in [0.15, 0.2) is 61.1 Å². The molecule has 2 aliphatic rings. The second kappa shape index (κ2) is 11.6. The number of amides is 1. The van der Waals surface area contributed by atoms with E-state index in [4.69, 9.17) is 16.6 Å². The Kier molecular flexibility index (Phi) is 8.03. The standard InChI is InChI=1S/C29H35ClN6O/c1-20-17-35(18-21(2)33-20)19-22-8-9-27(32-15-22)36-13-10-24(11-14-36)34-29(37)26-7-3-6-25(28(26)30)23-5-4-12-31-16-23/h3-9,12,15-16,20-21,24,33H,10-11,13-14,17-19H2,1-2H3,(H,34,37). The number of nitrogens with zero attached hydrogens (tertiary/aromatic N) is 4. The summed E-state index contributed by atoms with van der Waals surface area (Å²) in [5.41, 5.74) is 3.45. The van der Waals surface area contributed by atoms with E-state index in [-0.39, 0.29) is 11.9 Å². The second-order valence-electron chi connectivity index (χ2n) is 10.3. The Labute approximate surface area is 224 Å². The Hall–Kier alpha value is -3.00. The third-order valence-corrected chi connectivity index (χ3v) is 7.63. The molecule has 0 spiro atoms. The van der Waals surface area contributed by atoms with Crippen molar-refractivity contribution in [3.63, 3.8) is 0 Å². The second-order valence-corrected chi connectivity index (χ2v) is 10.7. The summed E-state index contributed by atoms with van der Waals surface area (Å²) < 4.78 is 0. The number of benzene rings is 1. The van der Waals surface area contributed by atoms with Crippen molar-refractivity contribution < 1.29 is 4.79 Å². The van der Waals surface area contributed by atoms with Crippen LogP contribution in [0, 0.1) is 0 Å². The third-order valence-electron chi connectivity index (χ3n) is 7.22. The van der Waals surface area contributed by atoms with Gasteiger partial charge in [-0.25, -0.2) is 4.98 Å². The fraction of sp³-hybridized carbons (Fsp3) is 0.414. The summed E-state index contributed by atoms with van der Waals surface area (Å²) in [5, 5.41) is 7.23. The van der Waals surface area contributed by atoms with Crippen molar-refractivity contribution in [3.8, 4) is 11.1 Å². The molecule has 8 heteroatoms. The monoisotopic (exact) mass is 518 g/mol. The van der Waals surface area contributed by atoms with E-state index in [0.29, 0.717) is 22.7 Å². The number of nitrogens with one attached hydrogen (secondary N) is 2. The first-order chi connectivity index (χ1) is 18.0. The van der Waals surface area contributed by atoms with Gasteiger partial charge in [-0.15, -0.1) is 0 Å². The zero-order chi connectivity index (χ0) is 25.8. The van der Waals surface area contributed by atoms with Gasteiger partial charge in [0.05, 0.1) is 10.6 Å². The van der Waals surface area contributed by atoms with Crippen LogP contribution in [0.4, 0.5) is 5.82 Å². The van der Waals surface area contributed by atoms with E-state index in [1.807, 2.05) is 30.5 Å². The summed E-state index contributed by atoms with van der Waals surface area (Å²) in [6, 6.07) is 14.8. The van der Waals surface area contributed by atoms with Crippen LogP contribution in [0.5, 0.6) is 0 Å². The Bertz CT molecular complexity index is 1190. The van der Waals surface area contributed by atoms with Gasteiger partial charge in [0.15, 0.2) is 0 Å². The summed E-state index contributed by atoms with van der Waals surface area (Å²) >= 11 is 6.64. The molecular weight excluding hydrogens is 484 g/mol. The molecule has 7 nitrogen and oxygen atoms in total. The van der Waals surface area contributed by atoms with E-state index in [9.17, 15) is 4.79 Å². The highest BCUT2D eigenvalue weighted by atomic mass is 35.5. The number of carbonyl (C=O) groups is 1. The number of pyridine rings is 2. The number of hydrogen-bond acceptors (Lipinski definition) is 6. The minimum atomic E-state index is -0.131. The fourth-order valence-electron chi connectivity index (χ4n) is 5.49. The molecule has 2 N–H and O–H groups in total. The van der Waals surface area contributed by atoms with Gasteiger partial charge in [0.25, 0.3) is 5.91 Å². The van der Waals surface area contributed by atoms with Gasteiger partial charge in [0.2, 0.25) is 0 Å². The summed E-state index contributed by atoms with van der Waals surface area (Å²) in [6.07, 6.45) is 7.22. The van der Waals surface area contributed by atoms with Crippen LogP contribution in [0.1, 0.15) is 42.6 Å². The molecule has 0 saturated carbocycles. The van der Waals surface area contributed by atoms with E-state index in [2.05, 4.69) is 51.4 Å². The van der Waals surface area contributed by atoms with Gasteiger partial charge in [0.1, 0.15) is 5.82 Å². The van der Waals surface area contributed by atoms with Crippen molar-refractivity contribution in [2.45, 2.75) is 51.4 Å². The molecule has 37 heavy (non-hydrogen) atoms. The highest BCUT2D eigenvalue weighted by Crippen LogP contribution is 2.30. The van der Waals surface area contributed by atoms with Crippen LogP contribution >= 0.6 is 11.6 Å². The molecular formula is C29H35ClN6O. The van der Waals surface area contributed by atoms with E-state index in [1.54, 1.807) is 18.5 Å². The van der Waals surface area contributed by atoms with Crippen molar-refractivity contribution >= 4 is 23.3 Å². The molecule has 2 aliphatic heterocycles. The van der Waals surface area contributed by atoms with Gasteiger partial charge in [0, 0.05) is 80.6 Å². The largest absolute Gasteiger partial charge is 0.356 e. The number of halogens is 1. The zero-order valence-corrected chi connectivity index (χ0v) is 22.3. The van der Waals surface area contributed by atoms with Gasteiger partial charge < -0.3 is 15.5 Å². The maximum absolute atomic E-state index is 13.1. The quantitative estimate of drug-likeness (QED) is 0.504. The number of rotatable bonds is 6. The topological polar surface area (TPSA) is 73.4 Å². The number of hydrogen-bond donors (Lipinski definition) is 2. The van der Waals surface area contributed by atoms with Crippen LogP contribution in [0.2, 0.25) is 5.02 Å². The highest BCUT2D eigenvalue weighted by Gasteiger charge is 2.24. The predicted molar refractivity (Wildman–Crippen MR) is 149 cm³/mol. The van der Waals surface area contributed by atoms with Crippen molar-refractivity contribution in [1.29, 1.82) is 0 Å². The SMILES string of the molecule is CC1CN(Cc2ccc(N3CCC(NC(=O)c4cccc(-c5cccnc5)c4Cl)CC3)nc2)CC(C)N1. The molecule has 0 aliphatic carbocycles. The normalized spacial score (nSPS) is 21.1. The lowest BCUT2D eigenvalue weighted by Gasteiger charge is -2.36. The maximum Gasteiger partial charge on any atom is 0.253 e. The smallest absolute Gasteiger partial charge is 0.253 e. The summed E-state index contributed by atoms with van der Waals surface area (Å²) in [7, 11) is 0. The molecule has 194 valence electrons. The first kappa shape index (κ1) is 25.6. The van der Waals surface area contributed by atoms with Gasteiger partial charge in [-0.05, 0) is 50.5 Å². The Morgan fingerprint density at radius 2 is 1.84 bits per heavy atom. The number of carbonyl (C=O) groups excluding carboxylic acids is 1. The molecule has 4 heterocycles. The van der Waals surface area contributed by atoms with Crippen LogP contribution < -0.4 is 15.5 Å². The van der Waals surface area contributed by atoms with E-state index in [1.165, 1.54) is 5.56 Å². The predicted octanol–water partition coefficient (Wildman–Crippen LogP) is 4.38. The fourth-order valence-corrected chi connectivity index (χ4v) is 5.81. The highest BCUT2D eigenvalue weighted by molar-refractivity contribution is 6.36. The molecule has 0 radical (unpaired) electrons. The Morgan fingerprint density at radius 3 is 2.51 bits per heavy atom. The Morgan fingerprint density at radius 1 is 1.05 bits per heavy atom. The first-order valence-corrected chi connectivity index (χ1v) is 13.5. The van der Waals surface area contributed by atoms with Gasteiger partial charge >= 0.3 is 0 Å². The molecule has 5 rings (SSSR count). The van der Waals surface area contributed by atoms with E-state index < -0.39 is 0 Å². The lowest BCUT2D eigenvalue weighted by Crippen LogP contribution is -2.53. The molecule has 3 aromatic rings. The lowest BCUT2D eigenvalue weighted by atomic mass is 10.0. The first-order valence-electron chi connectivity index (χ1n) is 13.1. The summed E-state index contributed by atoms with van der Waals surface area (Å²) in [6.45, 7) is 9.24. The third kappa shape index (κ3) is 6.29. The average Bonchev–Trinajstić information content (AvgIpc) is 2.90. The summed E-state index contributed by atoms with van der Waals surface area (Å²) in [4.78, 5) is 26.8. The molecule has 2 aromatic heterocycles. The minimum absolute atomic E-state index is 0.109. The summed E-state index contributed by atoms with van der Waals surface area (Å²) in [5.74, 6) is 0.871. The van der Waals surface area contributed by atoms with Crippen LogP contribution in [-0.2, 0) is 6.54 Å². The van der Waals surface area contributed by atoms with Crippen molar-refractivity contribution in [2.24, 2.45) is 0 Å². The molecule has 1 amide bonds. The molecule has 0 bridgehead atoms. The maximum atomic E-state index is 13.1. The molecule has 2 atom stereocenters. The van der Waals surface area contributed by atoms with Gasteiger partial charge in [-0.1, -0.05) is 35.9 Å². The van der Waals surface area contributed by atoms with Gasteiger partial charge in [-0.3, -0.25) is 14.7 Å².